The monoisotopic (exact) mass is 361 g/mol. The highest BCUT2D eigenvalue weighted by Gasteiger charge is 2.36. The van der Waals surface area contributed by atoms with Gasteiger partial charge < -0.3 is 19.3 Å². The van der Waals surface area contributed by atoms with Crippen molar-refractivity contribution < 1.29 is 19.1 Å². The van der Waals surface area contributed by atoms with Crippen LogP contribution in [0.2, 0.25) is 0 Å². The first-order valence-electron chi connectivity index (χ1n) is 9.03. The van der Waals surface area contributed by atoms with Crippen LogP contribution in [0.4, 0.5) is 4.79 Å². The standard InChI is InChI=1S/C19H27N3O4/c1-12-8-15(10-22(12)18(24)26-19(3,4)5)25-17-7-6-14-9-21(13(2)23)11-16(14)20-17/h6-7,12,15H,8-11H2,1-5H3/t12-,15+/m0/s1. The first kappa shape index (κ1) is 18.5. The fourth-order valence-corrected chi connectivity index (χ4v) is 3.33. The minimum absolute atomic E-state index is 0.0445. The maximum absolute atomic E-state index is 12.3. The largest absolute Gasteiger partial charge is 0.472 e. The summed E-state index contributed by atoms with van der Waals surface area (Å²) in [5, 5.41) is 0. The first-order chi connectivity index (χ1) is 12.1. The Morgan fingerprint density at radius 2 is 1.96 bits per heavy atom. The van der Waals surface area contributed by atoms with Crippen LogP contribution in [-0.4, -0.2) is 51.1 Å². The molecule has 26 heavy (non-hydrogen) atoms. The maximum atomic E-state index is 12.3. The van der Waals surface area contributed by atoms with Gasteiger partial charge in [0, 0.05) is 32.0 Å². The molecule has 3 heterocycles. The zero-order valence-corrected chi connectivity index (χ0v) is 16.1. The number of carbonyl (C=O) groups is 2. The summed E-state index contributed by atoms with van der Waals surface area (Å²) in [5.74, 6) is 0.584. The third-order valence-electron chi connectivity index (χ3n) is 4.64. The normalized spacial score (nSPS) is 22.3. The van der Waals surface area contributed by atoms with Gasteiger partial charge in [-0.05, 0) is 39.3 Å². The second kappa shape index (κ2) is 6.78. The van der Waals surface area contributed by atoms with Crippen LogP contribution in [0.3, 0.4) is 0 Å². The van der Waals surface area contributed by atoms with Crippen molar-refractivity contribution in [2.75, 3.05) is 6.54 Å². The van der Waals surface area contributed by atoms with Crippen LogP contribution in [0.5, 0.6) is 5.88 Å². The van der Waals surface area contributed by atoms with Gasteiger partial charge in [0.25, 0.3) is 0 Å². The van der Waals surface area contributed by atoms with Crippen LogP contribution in [0.15, 0.2) is 12.1 Å². The lowest BCUT2D eigenvalue weighted by Gasteiger charge is -2.26. The number of aromatic nitrogens is 1. The molecule has 0 aromatic carbocycles. The van der Waals surface area contributed by atoms with Gasteiger partial charge in [0.15, 0.2) is 0 Å². The van der Waals surface area contributed by atoms with Crippen molar-refractivity contribution in [3.8, 4) is 5.88 Å². The van der Waals surface area contributed by atoms with E-state index in [1.165, 1.54) is 0 Å². The van der Waals surface area contributed by atoms with E-state index in [2.05, 4.69) is 4.98 Å². The van der Waals surface area contributed by atoms with Crippen molar-refractivity contribution in [1.82, 2.24) is 14.8 Å². The number of amides is 2. The summed E-state index contributed by atoms with van der Waals surface area (Å²) in [7, 11) is 0. The Balaban J connectivity index is 1.62. The van der Waals surface area contributed by atoms with Crippen LogP contribution in [0.25, 0.3) is 0 Å². The molecular weight excluding hydrogens is 334 g/mol. The van der Waals surface area contributed by atoms with Gasteiger partial charge in [0.2, 0.25) is 11.8 Å². The molecule has 0 aliphatic carbocycles. The Bertz CT molecular complexity index is 713. The van der Waals surface area contributed by atoms with Gasteiger partial charge in [-0.3, -0.25) is 4.79 Å². The lowest BCUT2D eigenvalue weighted by atomic mass is 10.2. The molecule has 1 saturated heterocycles. The van der Waals surface area contributed by atoms with E-state index >= 15 is 0 Å². The Hall–Kier alpha value is -2.31. The predicted molar refractivity (Wildman–Crippen MR) is 95.6 cm³/mol. The first-order valence-corrected chi connectivity index (χ1v) is 9.03. The predicted octanol–water partition coefficient (Wildman–Crippen LogP) is 2.72. The topological polar surface area (TPSA) is 72.0 Å². The third kappa shape index (κ3) is 4.08. The highest BCUT2D eigenvalue weighted by Crippen LogP contribution is 2.27. The van der Waals surface area contributed by atoms with Crippen molar-refractivity contribution in [2.24, 2.45) is 0 Å². The van der Waals surface area contributed by atoms with Crippen LogP contribution in [-0.2, 0) is 22.6 Å². The average Bonchev–Trinajstić information content (AvgIpc) is 3.08. The summed E-state index contributed by atoms with van der Waals surface area (Å²) in [6.07, 6.45) is 0.306. The minimum Gasteiger partial charge on any atom is -0.472 e. The molecule has 2 atom stereocenters. The maximum Gasteiger partial charge on any atom is 0.410 e. The fraction of sp³-hybridized carbons (Fsp3) is 0.632. The Morgan fingerprint density at radius 1 is 1.23 bits per heavy atom. The van der Waals surface area contributed by atoms with E-state index in [4.69, 9.17) is 9.47 Å². The molecule has 3 rings (SSSR count). The second-order valence-electron chi connectivity index (χ2n) is 8.09. The number of ether oxygens (including phenoxy) is 2. The Labute approximate surface area is 154 Å². The minimum atomic E-state index is -0.514. The van der Waals surface area contributed by atoms with E-state index < -0.39 is 5.60 Å². The molecular formula is C19H27N3O4. The Kier molecular flexibility index (Phi) is 4.82. The number of rotatable bonds is 2. The number of fused-ring (bicyclic) bond motifs is 1. The van der Waals surface area contributed by atoms with Gasteiger partial charge in [0.1, 0.15) is 11.7 Å². The fourth-order valence-electron chi connectivity index (χ4n) is 3.33. The molecule has 0 bridgehead atoms. The molecule has 0 radical (unpaired) electrons. The Morgan fingerprint density at radius 3 is 2.62 bits per heavy atom. The molecule has 0 N–H and O–H groups in total. The average molecular weight is 361 g/mol. The highest BCUT2D eigenvalue weighted by molar-refractivity contribution is 5.74. The number of likely N-dealkylation sites (tertiary alicyclic amines) is 1. The van der Waals surface area contributed by atoms with Crippen molar-refractivity contribution in [2.45, 2.75) is 71.9 Å². The van der Waals surface area contributed by atoms with Crippen LogP contribution < -0.4 is 4.74 Å². The summed E-state index contributed by atoms with van der Waals surface area (Å²) in [6, 6.07) is 3.85. The van der Waals surface area contributed by atoms with Gasteiger partial charge in [-0.15, -0.1) is 0 Å². The number of hydrogen-bond acceptors (Lipinski definition) is 5. The molecule has 7 heteroatoms. The molecule has 2 aliphatic rings. The third-order valence-corrected chi connectivity index (χ3v) is 4.64. The highest BCUT2D eigenvalue weighted by atomic mass is 16.6. The van der Waals surface area contributed by atoms with Crippen molar-refractivity contribution in [1.29, 1.82) is 0 Å². The molecule has 1 aromatic heterocycles. The quantitative estimate of drug-likeness (QED) is 0.810. The summed E-state index contributed by atoms with van der Waals surface area (Å²) in [5.41, 5.74) is 1.43. The molecule has 7 nitrogen and oxygen atoms in total. The molecule has 2 aliphatic heterocycles. The van der Waals surface area contributed by atoms with E-state index in [1.54, 1.807) is 16.7 Å². The summed E-state index contributed by atoms with van der Waals surface area (Å²) >= 11 is 0. The molecule has 0 spiro atoms. The van der Waals surface area contributed by atoms with E-state index in [-0.39, 0.29) is 24.1 Å². The SMILES string of the molecule is CC(=O)N1Cc2ccc(O[C@@H]3C[C@H](C)N(C(=O)OC(C)(C)C)C3)nc2C1. The van der Waals surface area contributed by atoms with E-state index in [0.29, 0.717) is 25.5 Å². The van der Waals surface area contributed by atoms with Gasteiger partial charge in [-0.25, -0.2) is 9.78 Å². The molecule has 0 unspecified atom stereocenters. The van der Waals surface area contributed by atoms with Gasteiger partial charge in [-0.2, -0.15) is 0 Å². The van der Waals surface area contributed by atoms with Gasteiger partial charge >= 0.3 is 6.09 Å². The van der Waals surface area contributed by atoms with Crippen LogP contribution in [0.1, 0.15) is 52.3 Å². The number of nitrogens with zero attached hydrogens (tertiary/aromatic N) is 3. The molecule has 1 fully saturated rings. The van der Waals surface area contributed by atoms with E-state index in [0.717, 1.165) is 17.7 Å². The van der Waals surface area contributed by atoms with E-state index in [9.17, 15) is 9.59 Å². The number of pyridine rings is 1. The molecule has 2 amide bonds. The number of hydrogen-bond donors (Lipinski definition) is 0. The van der Waals surface area contributed by atoms with Crippen molar-refractivity contribution >= 4 is 12.0 Å². The summed E-state index contributed by atoms with van der Waals surface area (Å²) < 4.78 is 11.5. The molecule has 0 saturated carbocycles. The summed E-state index contributed by atoms with van der Waals surface area (Å²) in [4.78, 5) is 31.9. The van der Waals surface area contributed by atoms with E-state index in [1.807, 2.05) is 39.8 Å². The lowest BCUT2D eigenvalue weighted by molar-refractivity contribution is -0.129. The smallest absolute Gasteiger partial charge is 0.410 e. The molecule has 1 aromatic rings. The lowest BCUT2D eigenvalue weighted by Crippen LogP contribution is -2.39. The van der Waals surface area contributed by atoms with Gasteiger partial charge in [0.05, 0.1) is 18.8 Å². The summed E-state index contributed by atoms with van der Waals surface area (Å²) in [6.45, 7) is 10.7. The zero-order valence-electron chi connectivity index (χ0n) is 16.1. The van der Waals surface area contributed by atoms with Crippen molar-refractivity contribution in [3.63, 3.8) is 0 Å². The van der Waals surface area contributed by atoms with Crippen LogP contribution >= 0.6 is 0 Å². The number of carbonyl (C=O) groups excluding carboxylic acids is 2. The zero-order chi connectivity index (χ0) is 19.1. The second-order valence-corrected chi connectivity index (χ2v) is 8.09. The molecule has 142 valence electrons. The van der Waals surface area contributed by atoms with Crippen molar-refractivity contribution in [3.05, 3.63) is 23.4 Å². The van der Waals surface area contributed by atoms with Gasteiger partial charge in [-0.1, -0.05) is 0 Å². The van der Waals surface area contributed by atoms with Crippen LogP contribution in [0, 0.1) is 0 Å².